The van der Waals surface area contributed by atoms with Crippen molar-refractivity contribution < 1.29 is 27.9 Å². The minimum absolute atomic E-state index is 0.137. The smallest absolute Gasteiger partial charge is 0.321 e. The van der Waals surface area contributed by atoms with Crippen molar-refractivity contribution >= 4 is 27.6 Å². The minimum Gasteiger partial charge on any atom is -0.480 e. The van der Waals surface area contributed by atoms with Gasteiger partial charge in [-0.1, -0.05) is 19.8 Å². The van der Waals surface area contributed by atoms with Crippen LogP contribution in [0.3, 0.4) is 0 Å². The van der Waals surface area contributed by atoms with Crippen LogP contribution in [-0.2, 0) is 19.6 Å². The van der Waals surface area contributed by atoms with Crippen LogP contribution in [0.4, 0.5) is 5.69 Å². The lowest BCUT2D eigenvalue weighted by molar-refractivity contribution is -0.139. The number of carbonyl (C=O) groups is 2. The summed E-state index contributed by atoms with van der Waals surface area (Å²) in [7, 11) is -4.04. The second kappa shape index (κ2) is 7.18. The zero-order valence-electron chi connectivity index (χ0n) is 13.4. The molecule has 1 amide bonds. The summed E-state index contributed by atoms with van der Waals surface area (Å²) in [6, 6.07) is 2.79. The molecule has 1 aliphatic rings. The van der Waals surface area contributed by atoms with Gasteiger partial charge in [-0.05, 0) is 31.5 Å². The molecule has 132 valence electrons. The van der Waals surface area contributed by atoms with Crippen molar-refractivity contribution in [3.05, 3.63) is 18.2 Å². The lowest BCUT2D eigenvalue weighted by Crippen LogP contribution is -2.40. The maximum Gasteiger partial charge on any atom is 0.321 e. The fraction of sp³-hybridized carbons (Fsp3) is 0.467. The number of benzene rings is 1. The summed E-state index contributed by atoms with van der Waals surface area (Å²) in [6.45, 7) is 3.47. The van der Waals surface area contributed by atoms with Gasteiger partial charge in [-0.25, -0.2) is 8.42 Å². The molecule has 0 radical (unpaired) electrons. The maximum atomic E-state index is 12.4. The Morgan fingerprint density at radius 3 is 2.79 bits per heavy atom. The molecule has 1 aliphatic heterocycles. The first kappa shape index (κ1) is 18.2. The predicted molar refractivity (Wildman–Crippen MR) is 86.4 cm³/mol. The molecule has 0 spiro atoms. The molecule has 8 nitrogen and oxygen atoms in total. The first-order chi connectivity index (χ1) is 11.2. The van der Waals surface area contributed by atoms with Crippen molar-refractivity contribution in [2.24, 2.45) is 0 Å². The number of carboxylic acid groups (broad SMARTS) is 1. The van der Waals surface area contributed by atoms with Crippen LogP contribution in [0.1, 0.15) is 33.1 Å². The van der Waals surface area contributed by atoms with Crippen LogP contribution in [0.15, 0.2) is 23.1 Å². The molecule has 0 aromatic heterocycles. The van der Waals surface area contributed by atoms with Crippen LogP contribution >= 0.6 is 0 Å². The van der Waals surface area contributed by atoms with E-state index in [1.54, 1.807) is 6.92 Å². The zero-order chi connectivity index (χ0) is 17.9. The third-order valence-electron chi connectivity index (χ3n) is 3.63. The lowest BCUT2D eigenvalue weighted by atomic mass is 10.1. The number of anilines is 1. The second-order valence-electron chi connectivity index (χ2n) is 5.56. The molecule has 2 rings (SSSR count). The van der Waals surface area contributed by atoms with Crippen LogP contribution in [-0.4, -0.2) is 37.5 Å². The molecule has 2 atom stereocenters. The predicted octanol–water partition coefficient (Wildman–Crippen LogP) is 1.33. The first-order valence-corrected chi connectivity index (χ1v) is 9.09. The summed E-state index contributed by atoms with van der Waals surface area (Å²) in [6.07, 6.45) is 0.883. The van der Waals surface area contributed by atoms with E-state index in [9.17, 15) is 18.0 Å². The van der Waals surface area contributed by atoms with E-state index in [1.165, 1.54) is 18.2 Å². The van der Waals surface area contributed by atoms with Crippen molar-refractivity contribution in [1.29, 1.82) is 0 Å². The topological polar surface area (TPSA) is 122 Å². The third kappa shape index (κ3) is 4.04. The SMILES string of the molecule is CCCCC(NS(=O)(=O)c1ccc2c(c1)NC(=O)C(C)O2)C(=O)O. The Bertz CT molecular complexity index is 746. The van der Waals surface area contributed by atoms with Gasteiger partial charge < -0.3 is 15.2 Å². The van der Waals surface area contributed by atoms with Gasteiger partial charge in [0.25, 0.3) is 5.91 Å². The Labute approximate surface area is 140 Å². The molecule has 0 fully saturated rings. The summed E-state index contributed by atoms with van der Waals surface area (Å²) in [5.41, 5.74) is 0.237. The fourth-order valence-corrected chi connectivity index (χ4v) is 3.50. The number of unbranched alkanes of at least 4 members (excludes halogenated alkanes) is 1. The number of amides is 1. The Morgan fingerprint density at radius 2 is 2.17 bits per heavy atom. The summed E-state index contributed by atoms with van der Waals surface area (Å²) in [5.74, 6) is -1.24. The summed E-state index contributed by atoms with van der Waals surface area (Å²) in [5, 5.41) is 11.7. The Morgan fingerprint density at radius 1 is 1.46 bits per heavy atom. The summed E-state index contributed by atoms with van der Waals surface area (Å²) >= 11 is 0. The van der Waals surface area contributed by atoms with E-state index in [1.807, 2.05) is 6.92 Å². The van der Waals surface area contributed by atoms with Crippen LogP contribution < -0.4 is 14.8 Å². The molecule has 3 N–H and O–H groups in total. The van der Waals surface area contributed by atoms with Gasteiger partial charge in [-0.3, -0.25) is 9.59 Å². The van der Waals surface area contributed by atoms with E-state index in [0.717, 1.165) is 6.42 Å². The van der Waals surface area contributed by atoms with Crippen molar-refractivity contribution in [2.75, 3.05) is 5.32 Å². The van der Waals surface area contributed by atoms with E-state index in [-0.39, 0.29) is 22.9 Å². The molecule has 2 unspecified atom stereocenters. The van der Waals surface area contributed by atoms with Gasteiger partial charge in [0.1, 0.15) is 11.8 Å². The molecule has 1 aromatic rings. The number of carboxylic acids is 1. The summed E-state index contributed by atoms with van der Waals surface area (Å²) < 4.78 is 32.4. The second-order valence-corrected chi connectivity index (χ2v) is 7.28. The van der Waals surface area contributed by atoms with Crippen molar-refractivity contribution in [3.63, 3.8) is 0 Å². The van der Waals surface area contributed by atoms with Gasteiger partial charge in [0, 0.05) is 0 Å². The molecular weight excluding hydrogens is 336 g/mol. The first-order valence-electron chi connectivity index (χ1n) is 7.61. The number of fused-ring (bicyclic) bond motifs is 1. The van der Waals surface area contributed by atoms with Gasteiger partial charge in [0.15, 0.2) is 6.10 Å². The van der Waals surface area contributed by atoms with E-state index in [4.69, 9.17) is 9.84 Å². The molecular formula is C15H20N2O6S. The molecule has 0 bridgehead atoms. The molecule has 9 heteroatoms. The van der Waals surface area contributed by atoms with Gasteiger partial charge in [0.2, 0.25) is 10.0 Å². The van der Waals surface area contributed by atoms with Crippen LogP contribution in [0.2, 0.25) is 0 Å². The van der Waals surface area contributed by atoms with E-state index in [0.29, 0.717) is 12.2 Å². The maximum absolute atomic E-state index is 12.4. The third-order valence-corrected chi connectivity index (χ3v) is 5.10. The highest BCUT2D eigenvalue weighted by Crippen LogP contribution is 2.31. The number of nitrogens with one attached hydrogen (secondary N) is 2. The van der Waals surface area contributed by atoms with Crippen LogP contribution in [0.5, 0.6) is 5.75 Å². The van der Waals surface area contributed by atoms with Gasteiger partial charge in [0.05, 0.1) is 10.6 Å². The standard InChI is InChI=1S/C15H20N2O6S/c1-3-4-5-11(15(19)20)17-24(21,22)10-6-7-13-12(8-10)16-14(18)9(2)23-13/h6-9,11,17H,3-5H2,1-2H3,(H,16,18)(H,19,20). The quantitative estimate of drug-likeness (QED) is 0.677. The molecule has 0 aliphatic carbocycles. The number of rotatable bonds is 7. The number of sulfonamides is 1. The Kier molecular flexibility index (Phi) is 5.45. The largest absolute Gasteiger partial charge is 0.480 e. The number of aliphatic carboxylic acids is 1. The highest BCUT2D eigenvalue weighted by molar-refractivity contribution is 7.89. The van der Waals surface area contributed by atoms with Gasteiger partial charge in [-0.15, -0.1) is 0 Å². The van der Waals surface area contributed by atoms with E-state index >= 15 is 0 Å². The molecule has 1 heterocycles. The highest BCUT2D eigenvalue weighted by Gasteiger charge is 2.28. The Balaban J connectivity index is 2.25. The molecule has 1 aromatic carbocycles. The van der Waals surface area contributed by atoms with Crippen LogP contribution in [0, 0.1) is 0 Å². The molecule has 0 saturated heterocycles. The van der Waals surface area contributed by atoms with E-state index < -0.39 is 28.1 Å². The van der Waals surface area contributed by atoms with Gasteiger partial charge in [-0.2, -0.15) is 4.72 Å². The average Bonchev–Trinajstić information content (AvgIpc) is 2.51. The summed E-state index contributed by atoms with van der Waals surface area (Å²) in [4.78, 5) is 22.7. The highest BCUT2D eigenvalue weighted by atomic mass is 32.2. The normalized spacial score (nSPS) is 18.2. The molecule has 24 heavy (non-hydrogen) atoms. The zero-order valence-corrected chi connectivity index (χ0v) is 14.2. The van der Waals surface area contributed by atoms with Crippen molar-refractivity contribution in [3.8, 4) is 5.75 Å². The number of hydrogen-bond donors (Lipinski definition) is 3. The number of ether oxygens (including phenoxy) is 1. The minimum atomic E-state index is -4.04. The molecule has 0 saturated carbocycles. The Hall–Kier alpha value is -2.13. The van der Waals surface area contributed by atoms with Crippen molar-refractivity contribution in [1.82, 2.24) is 4.72 Å². The van der Waals surface area contributed by atoms with Crippen LogP contribution in [0.25, 0.3) is 0 Å². The lowest BCUT2D eigenvalue weighted by Gasteiger charge is -2.24. The monoisotopic (exact) mass is 356 g/mol. The van der Waals surface area contributed by atoms with Gasteiger partial charge >= 0.3 is 5.97 Å². The fourth-order valence-electron chi connectivity index (χ4n) is 2.25. The van der Waals surface area contributed by atoms with E-state index in [2.05, 4.69) is 10.0 Å². The average molecular weight is 356 g/mol. The van der Waals surface area contributed by atoms with Crippen molar-refractivity contribution in [2.45, 2.75) is 50.2 Å². The number of carbonyl (C=O) groups excluding carboxylic acids is 1. The number of hydrogen-bond acceptors (Lipinski definition) is 5.